The zero-order valence-electron chi connectivity index (χ0n) is 31.4. The number of aliphatic carboxylic acids is 7. The number of rotatable bonds is 28. The topological polar surface area (TPSA) is 372 Å². The van der Waals surface area contributed by atoms with Gasteiger partial charge in [-0.2, -0.15) is 0 Å². The third-order valence-corrected chi connectivity index (χ3v) is 7.83. The predicted octanol–water partition coefficient (Wildman–Crippen LogP) is -1.66. The number of carboxylic acid groups (broad SMARTS) is 7. The van der Waals surface area contributed by atoms with E-state index in [-0.39, 0.29) is 60.4 Å². The number of anilines is 4. The summed E-state index contributed by atoms with van der Waals surface area (Å²) in [6, 6.07) is 3.57. The van der Waals surface area contributed by atoms with Crippen LogP contribution in [0.5, 0.6) is 11.5 Å². The minimum atomic E-state index is -2.07. The largest absolute Gasteiger partial charge is 0.495 e. The molecule has 0 aliphatic heterocycles. The maximum atomic E-state index is 13.0. The molecule has 11 N–H and O–H groups in total. The second-order valence-corrected chi connectivity index (χ2v) is 12.3. The van der Waals surface area contributed by atoms with Crippen molar-refractivity contribution >= 4 is 76.3 Å². The van der Waals surface area contributed by atoms with E-state index in [2.05, 4.69) is 21.3 Å². The Morgan fingerprint density at radius 2 is 0.797 bits per heavy atom. The minimum Gasteiger partial charge on any atom is -0.495 e. The van der Waals surface area contributed by atoms with Gasteiger partial charge in [-0.05, 0) is 36.4 Å². The van der Waals surface area contributed by atoms with Gasteiger partial charge in [-0.25, -0.2) is 19.2 Å². The normalized spacial score (nSPS) is 11.0. The summed E-state index contributed by atoms with van der Waals surface area (Å²) >= 11 is 0. The molecular weight excluding hydrogens is 794 g/mol. The van der Waals surface area contributed by atoms with Crippen molar-refractivity contribution in [1.29, 1.82) is 0 Å². The molecule has 0 aliphatic rings. The van der Waals surface area contributed by atoms with Crippen LogP contribution < -0.4 is 30.7 Å². The van der Waals surface area contributed by atoms with E-state index in [1.807, 2.05) is 0 Å². The average molecular weight is 838 g/mol. The third-order valence-electron chi connectivity index (χ3n) is 7.83. The number of benzene rings is 2. The van der Waals surface area contributed by atoms with Crippen LogP contribution in [0.1, 0.15) is 0 Å². The van der Waals surface area contributed by atoms with E-state index in [1.165, 1.54) is 55.5 Å². The van der Waals surface area contributed by atoms with E-state index in [4.69, 9.17) is 9.47 Å². The highest BCUT2D eigenvalue weighted by molar-refractivity contribution is 6.02. The highest BCUT2D eigenvalue weighted by Gasteiger charge is 2.28. The molecule has 322 valence electrons. The molecule has 25 heteroatoms. The Kier molecular flexibility index (Phi) is 18.7. The van der Waals surface area contributed by atoms with Crippen molar-refractivity contribution in [3.63, 3.8) is 0 Å². The molecule has 2 aromatic rings. The fourth-order valence-electron chi connectivity index (χ4n) is 5.21. The Labute approximate surface area is 333 Å². The number of carbonyl (C=O) groups excluding carboxylic acids is 2. The second-order valence-electron chi connectivity index (χ2n) is 12.3. The molecule has 2 amide bonds. The number of hydrogen-bond acceptors (Lipinski definition) is 16. The molecule has 0 saturated heterocycles. The van der Waals surface area contributed by atoms with Crippen LogP contribution in [0.2, 0.25) is 0 Å². The lowest BCUT2D eigenvalue weighted by molar-refractivity contribution is -0.150. The molecule has 59 heavy (non-hydrogen) atoms. The number of nitrogens with one attached hydrogen (secondary N) is 4. The Hall–Kier alpha value is -7.25. The molecule has 25 nitrogen and oxygen atoms in total. The Bertz CT molecular complexity index is 1740. The molecule has 0 aliphatic carbocycles. The number of carbonyl (C=O) groups is 9. The van der Waals surface area contributed by atoms with Crippen LogP contribution in [-0.4, -0.2) is 189 Å². The zero-order chi connectivity index (χ0) is 44.4. The molecule has 0 saturated carbocycles. The van der Waals surface area contributed by atoms with Gasteiger partial charge in [-0.3, -0.25) is 38.7 Å². The van der Waals surface area contributed by atoms with Crippen molar-refractivity contribution in [3.05, 3.63) is 36.4 Å². The van der Waals surface area contributed by atoms with Crippen LogP contribution in [0.15, 0.2) is 36.4 Å². The molecule has 0 heterocycles. The molecule has 2 rings (SSSR count). The van der Waals surface area contributed by atoms with Gasteiger partial charge in [0, 0.05) is 37.6 Å². The molecular formula is C34H43N7O18. The van der Waals surface area contributed by atoms with E-state index < -0.39 is 98.4 Å². The van der Waals surface area contributed by atoms with Gasteiger partial charge in [0.2, 0.25) is 23.9 Å². The van der Waals surface area contributed by atoms with Gasteiger partial charge in [0.05, 0.1) is 58.3 Å². The summed E-state index contributed by atoms with van der Waals surface area (Å²) < 4.78 is 10.2. The lowest BCUT2D eigenvalue weighted by atomic mass is 10.2. The van der Waals surface area contributed by atoms with E-state index in [9.17, 15) is 78.9 Å². The molecule has 0 spiro atoms. The molecule has 0 aromatic heterocycles. The zero-order valence-corrected chi connectivity index (χ0v) is 31.4. The first kappa shape index (κ1) is 47.9. The lowest BCUT2D eigenvalue weighted by Gasteiger charge is -2.28. The molecule has 0 radical (unpaired) electrons. The smallest absolute Gasteiger partial charge is 0.337 e. The van der Waals surface area contributed by atoms with E-state index >= 15 is 0 Å². The monoisotopic (exact) mass is 837 g/mol. The maximum Gasteiger partial charge on any atom is 0.337 e. The van der Waals surface area contributed by atoms with Crippen LogP contribution in [0, 0.1) is 0 Å². The average Bonchev–Trinajstić information content (AvgIpc) is 3.12. The van der Waals surface area contributed by atoms with Crippen molar-refractivity contribution in [2.24, 2.45) is 0 Å². The summed E-state index contributed by atoms with van der Waals surface area (Å²) in [5.74, 6) is -12.2. The van der Waals surface area contributed by atoms with Gasteiger partial charge >= 0.3 is 41.8 Å². The van der Waals surface area contributed by atoms with Crippen LogP contribution in [0.25, 0.3) is 0 Å². The SMILES string of the molecule is COc1ccc(NC(=O)CN(CCN(CCN(CC(=O)O)CC(=O)Nc2ccc(OC)c(NC(C(=O)O)C(=O)O)c2)CC(=O)O)CC(=O)O)cc1NC(C(=O)O)C(=O)O. The molecule has 0 bridgehead atoms. The van der Waals surface area contributed by atoms with Crippen molar-refractivity contribution < 1.29 is 88.4 Å². The number of ether oxygens (including phenoxy) is 2. The number of carboxylic acids is 7. The van der Waals surface area contributed by atoms with E-state index in [0.29, 0.717) is 0 Å². The number of methoxy groups -OCH3 is 2. The second kappa shape index (κ2) is 23.1. The summed E-state index contributed by atoms with van der Waals surface area (Å²) in [6.07, 6.45) is 0. The fraction of sp³-hybridized carbons (Fsp3) is 0.382. The number of hydrogen-bond donors (Lipinski definition) is 11. The van der Waals surface area contributed by atoms with Gasteiger partial charge in [-0.1, -0.05) is 0 Å². The maximum absolute atomic E-state index is 13.0. The van der Waals surface area contributed by atoms with Crippen LogP contribution in [0.4, 0.5) is 22.7 Å². The van der Waals surface area contributed by atoms with Crippen molar-refractivity contribution in [2.45, 2.75) is 12.1 Å². The highest BCUT2D eigenvalue weighted by atomic mass is 16.5. The van der Waals surface area contributed by atoms with Crippen LogP contribution in [-0.2, 0) is 43.2 Å². The predicted molar refractivity (Wildman–Crippen MR) is 201 cm³/mol. The van der Waals surface area contributed by atoms with Gasteiger partial charge in [-0.15, -0.1) is 0 Å². The van der Waals surface area contributed by atoms with Gasteiger partial charge in [0.1, 0.15) is 11.5 Å². The summed E-state index contributed by atoms with van der Waals surface area (Å²) in [5, 5.41) is 74.9. The first-order valence-electron chi connectivity index (χ1n) is 16.9. The Balaban J connectivity index is 2.15. The van der Waals surface area contributed by atoms with E-state index in [1.54, 1.807) is 0 Å². The van der Waals surface area contributed by atoms with Crippen LogP contribution in [0.3, 0.4) is 0 Å². The Morgan fingerprint density at radius 3 is 1.08 bits per heavy atom. The molecule has 0 atom stereocenters. The minimum absolute atomic E-state index is 0.0414. The summed E-state index contributed by atoms with van der Waals surface area (Å²) in [7, 11) is 2.47. The third kappa shape index (κ3) is 16.8. The molecule has 0 fully saturated rings. The van der Waals surface area contributed by atoms with E-state index in [0.717, 1.165) is 9.80 Å². The quantitative estimate of drug-likeness (QED) is 0.0427. The summed E-state index contributed by atoms with van der Waals surface area (Å²) in [5.41, 5.74) is -0.103. The number of amides is 2. The Morgan fingerprint density at radius 1 is 0.492 bits per heavy atom. The number of nitrogens with zero attached hydrogens (tertiary/aromatic N) is 3. The van der Waals surface area contributed by atoms with Gasteiger partial charge < -0.3 is 66.5 Å². The first-order chi connectivity index (χ1) is 27.7. The highest BCUT2D eigenvalue weighted by Crippen LogP contribution is 2.30. The van der Waals surface area contributed by atoms with Crippen LogP contribution >= 0.6 is 0 Å². The first-order valence-corrected chi connectivity index (χ1v) is 16.9. The van der Waals surface area contributed by atoms with Gasteiger partial charge in [0.25, 0.3) is 0 Å². The van der Waals surface area contributed by atoms with Crippen molar-refractivity contribution in [2.75, 3.05) is 94.4 Å². The van der Waals surface area contributed by atoms with Gasteiger partial charge in [0.15, 0.2) is 0 Å². The molecule has 0 unspecified atom stereocenters. The van der Waals surface area contributed by atoms with Crippen molar-refractivity contribution in [3.8, 4) is 11.5 Å². The summed E-state index contributed by atoms with van der Waals surface area (Å²) in [6.45, 7) is -3.75. The molecule has 2 aromatic carbocycles. The summed E-state index contributed by atoms with van der Waals surface area (Å²) in [4.78, 5) is 110. The fourth-order valence-corrected chi connectivity index (χ4v) is 5.21. The standard InChI is InChI=1S/C34H43N7O18/c1-58-22-5-3-18(11-20(22)37-29(31(50)51)32(52)53)35-24(42)13-40(16-27(46)47)9-7-39(15-26(44)45)8-10-41(17-28(48)49)14-25(43)36-19-4-6-23(59-2)21(12-19)38-30(33(54)55)34(56)57/h3-6,11-12,29-30,37-38H,7-10,13-17H2,1-2H3,(H,35,42)(H,36,43)(H,44,45)(H,46,47)(H,48,49)(H,50,51)(H,52,53)(H,54,55)(H,56,57). The lowest BCUT2D eigenvalue weighted by Crippen LogP contribution is -2.46. The van der Waals surface area contributed by atoms with Crippen molar-refractivity contribution in [1.82, 2.24) is 14.7 Å².